The van der Waals surface area contributed by atoms with Crippen LogP contribution < -0.4 is 9.47 Å². The highest BCUT2D eigenvalue weighted by atomic mass is 16.6. The highest BCUT2D eigenvalue weighted by molar-refractivity contribution is 5.81. The second-order valence-corrected chi connectivity index (χ2v) is 8.71. The number of ether oxygens (including phenoxy) is 3. The lowest BCUT2D eigenvalue weighted by Gasteiger charge is -2.35. The summed E-state index contributed by atoms with van der Waals surface area (Å²) in [6, 6.07) is 5.91. The lowest BCUT2D eigenvalue weighted by molar-refractivity contribution is -0.151. The number of morpholine rings is 1. The van der Waals surface area contributed by atoms with Gasteiger partial charge in [-0.2, -0.15) is 5.10 Å². The zero-order valence-electron chi connectivity index (χ0n) is 18.6. The third-order valence-electron chi connectivity index (χ3n) is 5.47. The number of aromatic nitrogens is 2. The summed E-state index contributed by atoms with van der Waals surface area (Å²) in [6.45, 7) is 9.29. The van der Waals surface area contributed by atoms with Gasteiger partial charge in [0.05, 0.1) is 12.8 Å². The van der Waals surface area contributed by atoms with Crippen LogP contribution in [0.1, 0.15) is 25.0 Å². The van der Waals surface area contributed by atoms with Gasteiger partial charge in [-0.25, -0.2) is 0 Å². The molecule has 1 amide bonds. The highest BCUT2D eigenvalue weighted by Crippen LogP contribution is 2.31. The Morgan fingerprint density at radius 2 is 2.00 bits per heavy atom. The van der Waals surface area contributed by atoms with E-state index in [2.05, 4.69) is 23.8 Å². The summed E-state index contributed by atoms with van der Waals surface area (Å²) in [5.41, 5.74) is 2.17. The average Bonchev–Trinajstić information content (AvgIpc) is 3.17. The van der Waals surface area contributed by atoms with Crippen LogP contribution in [0, 0.1) is 5.92 Å². The molecule has 1 saturated heterocycles. The summed E-state index contributed by atoms with van der Waals surface area (Å²) in [7, 11) is 1.91. The summed E-state index contributed by atoms with van der Waals surface area (Å²) in [4.78, 5) is 17.6. The van der Waals surface area contributed by atoms with Gasteiger partial charge in [-0.05, 0) is 23.6 Å². The summed E-state index contributed by atoms with van der Waals surface area (Å²) >= 11 is 0. The molecule has 2 aliphatic rings. The van der Waals surface area contributed by atoms with Crippen LogP contribution in [0.2, 0.25) is 0 Å². The van der Waals surface area contributed by atoms with Gasteiger partial charge in [0.2, 0.25) is 0 Å². The number of rotatable bonds is 7. The van der Waals surface area contributed by atoms with Gasteiger partial charge in [-0.15, -0.1) is 0 Å². The summed E-state index contributed by atoms with van der Waals surface area (Å²) < 4.78 is 19.0. The Balaban J connectivity index is 1.43. The molecular weight excluding hydrogens is 396 g/mol. The largest absolute Gasteiger partial charge is 0.486 e. The molecule has 4 rings (SSSR count). The fourth-order valence-electron chi connectivity index (χ4n) is 4.09. The van der Waals surface area contributed by atoms with Crippen LogP contribution in [-0.2, 0) is 29.7 Å². The van der Waals surface area contributed by atoms with E-state index in [1.807, 2.05) is 42.5 Å². The van der Waals surface area contributed by atoms with E-state index < -0.39 is 6.10 Å². The number of aryl methyl sites for hydroxylation is 1. The Labute approximate surface area is 183 Å². The van der Waals surface area contributed by atoms with E-state index in [4.69, 9.17) is 14.2 Å². The number of hydrogen-bond donors (Lipinski definition) is 0. The number of fused-ring (bicyclic) bond motifs is 1. The molecule has 2 aromatic rings. The lowest BCUT2D eigenvalue weighted by atomic mass is 10.1. The van der Waals surface area contributed by atoms with Gasteiger partial charge in [0.1, 0.15) is 19.3 Å². The van der Waals surface area contributed by atoms with Crippen molar-refractivity contribution in [1.82, 2.24) is 19.6 Å². The molecule has 8 heteroatoms. The van der Waals surface area contributed by atoms with Crippen molar-refractivity contribution in [2.24, 2.45) is 13.0 Å². The SMILES string of the molecule is CC(C)CN(Cc1ccc2c(c1)OCCO2)C(=O)C1CN(Cc2cnn(C)c2)CCO1. The molecule has 1 unspecified atom stereocenters. The van der Waals surface area contributed by atoms with Crippen molar-refractivity contribution in [3.05, 3.63) is 41.7 Å². The molecule has 0 N–H and O–H groups in total. The van der Waals surface area contributed by atoms with Crippen molar-refractivity contribution in [2.75, 3.05) is 39.5 Å². The Kier molecular flexibility index (Phi) is 6.77. The van der Waals surface area contributed by atoms with Crippen molar-refractivity contribution >= 4 is 5.91 Å². The molecule has 1 atom stereocenters. The van der Waals surface area contributed by atoms with Gasteiger partial charge in [0.25, 0.3) is 5.91 Å². The molecule has 2 aliphatic heterocycles. The van der Waals surface area contributed by atoms with Crippen LogP contribution in [0.4, 0.5) is 0 Å². The number of hydrogen-bond acceptors (Lipinski definition) is 6. The minimum atomic E-state index is -0.457. The minimum Gasteiger partial charge on any atom is -0.486 e. The van der Waals surface area contributed by atoms with Crippen molar-refractivity contribution in [1.29, 1.82) is 0 Å². The Bertz CT molecular complexity index is 897. The van der Waals surface area contributed by atoms with Crippen molar-refractivity contribution < 1.29 is 19.0 Å². The quantitative estimate of drug-likeness (QED) is 0.673. The number of carbonyl (C=O) groups is 1. The van der Waals surface area contributed by atoms with Crippen LogP contribution in [-0.4, -0.2) is 71.0 Å². The molecule has 0 radical (unpaired) electrons. The topological polar surface area (TPSA) is 69.1 Å². The molecular formula is C23H32N4O4. The first-order valence-corrected chi connectivity index (χ1v) is 11.0. The van der Waals surface area contributed by atoms with Crippen LogP contribution in [0.5, 0.6) is 11.5 Å². The van der Waals surface area contributed by atoms with Gasteiger partial charge < -0.3 is 19.1 Å². The zero-order chi connectivity index (χ0) is 21.8. The third-order valence-corrected chi connectivity index (χ3v) is 5.47. The molecule has 0 aliphatic carbocycles. The zero-order valence-corrected chi connectivity index (χ0v) is 18.6. The maximum absolute atomic E-state index is 13.4. The Morgan fingerprint density at radius 3 is 2.74 bits per heavy atom. The molecule has 0 spiro atoms. The highest BCUT2D eigenvalue weighted by Gasteiger charge is 2.31. The first-order valence-electron chi connectivity index (χ1n) is 11.0. The fourth-order valence-corrected chi connectivity index (χ4v) is 4.09. The second kappa shape index (κ2) is 9.70. The second-order valence-electron chi connectivity index (χ2n) is 8.71. The summed E-state index contributed by atoms with van der Waals surface area (Å²) in [5, 5.41) is 4.24. The van der Waals surface area contributed by atoms with Gasteiger partial charge in [0, 0.05) is 51.5 Å². The summed E-state index contributed by atoms with van der Waals surface area (Å²) in [5.74, 6) is 1.91. The summed E-state index contributed by atoms with van der Waals surface area (Å²) in [6.07, 6.45) is 3.43. The number of amides is 1. The van der Waals surface area contributed by atoms with E-state index in [9.17, 15) is 4.79 Å². The average molecular weight is 429 g/mol. The smallest absolute Gasteiger partial charge is 0.253 e. The first-order chi connectivity index (χ1) is 15.0. The molecule has 0 saturated carbocycles. The molecule has 1 aromatic carbocycles. The molecule has 8 nitrogen and oxygen atoms in total. The molecule has 31 heavy (non-hydrogen) atoms. The molecule has 1 aromatic heterocycles. The van der Waals surface area contributed by atoms with Crippen LogP contribution in [0.25, 0.3) is 0 Å². The van der Waals surface area contributed by atoms with Gasteiger partial charge in [0.15, 0.2) is 11.5 Å². The van der Waals surface area contributed by atoms with Gasteiger partial charge >= 0.3 is 0 Å². The number of benzene rings is 1. The normalized spacial score (nSPS) is 18.9. The van der Waals surface area contributed by atoms with E-state index in [1.165, 1.54) is 0 Å². The maximum atomic E-state index is 13.4. The monoisotopic (exact) mass is 428 g/mol. The van der Waals surface area contributed by atoms with E-state index in [0.29, 0.717) is 45.4 Å². The maximum Gasteiger partial charge on any atom is 0.253 e. The lowest BCUT2D eigenvalue weighted by Crippen LogP contribution is -2.51. The van der Waals surface area contributed by atoms with Gasteiger partial charge in [-0.1, -0.05) is 19.9 Å². The number of nitrogens with zero attached hydrogens (tertiary/aromatic N) is 4. The third kappa shape index (κ3) is 5.57. The predicted molar refractivity (Wildman–Crippen MR) is 116 cm³/mol. The van der Waals surface area contributed by atoms with Crippen LogP contribution in [0.15, 0.2) is 30.6 Å². The number of carbonyl (C=O) groups excluding carboxylic acids is 1. The first kappa shape index (κ1) is 21.6. The van der Waals surface area contributed by atoms with E-state index >= 15 is 0 Å². The minimum absolute atomic E-state index is 0.0412. The standard InChI is InChI=1S/C23H32N4O4/c1-17(2)12-27(15-18-4-5-20-21(10-18)31-9-8-30-20)23(28)22-16-26(6-7-29-22)14-19-11-24-25(3)13-19/h4-5,10-11,13,17,22H,6-9,12,14-16H2,1-3H3. The van der Waals surface area contributed by atoms with Crippen molar-refractivity contribution in [3.8, 4) is 11.5 Å². The van der Waals surface area contributed by atoms with Crippen molar-refractivity contribution in [3.63, 3.8) is 0 Å². The fraction of sp³-hybridized carbons (Fsp3) is 0.565. The van der Waals surface area contributed by atoms with Crippen LogP contribution in [0.3, 0.4) is 0 Å². The van der Waals surface area contributed by atoms with E-state index in [-0.39, 0.29) is 5.91 Å². The van der Waals surface area contributed by atoms with E-state index in [0.717, 1.165) is 35.7 Å². The van der Waals surface area contributed by atoms with Gasteiger partial charge in [-0.3, -0.25) is 14.4 Å². The molecule has 3 heterocycles. The Hall–Kier alpha value is -2.58. The predicted octanol–water partition coefficient (Wildman–Crippen LogP) is 2.08. The molecule has 0 bridgehead atoms. The van der Waals surface area contributed by atoms with E-state index in [1.54, 1.807) is 4.68 Å². The molecule has 168 valence electrons. The van der Waals surface area contributed by atoms with Crippen LogP contribution >= 0.6 is 0 Å². The van der Waals surface area contributed by atoms with Crippen molar-refractivity contribution in [2.45, 2.75) is 33.0 Å². The Morgan fingerprint density at radius 1 is 1.19 bits per heavy atom. The molecule has 1 fully saturated rings.